The second kappa shape index (κ2) is 7.80. The summed E-state index contributed by atoms with van der Waals surface area (Å²) in [5.74, 6) is -1.16. The lowest BCUT2D eigenvalue weighted by molar-refractivity contribution is -0.131. The van der Waals surface area contributed by atoms with Crippen molar-refractivity contribution in [2.45, 2.75) is 20.0 Å². The summed E-state index contributed by atoms with van der Waals surface area (Å²) in [7, 11) is -3.46. The van der Waals surface area contributed by atoms with E-state index in [1.54, 1.807) is 24.3 Å². The molecule has 1 aromatic carbocycles. The predicted octanol–water partition coefficient (Wildman–Crippen LogP) is 1.95. The Kier molecular flexibility index (Phi) is 6.39. The van der Waals surface area contributed by atoms with Crippen molar-refractivity contribution in [2.75, 3.05) is 17.1 Å². The van der Waals surface area contributed by atoms with Crippen LogP contribution in [0.2, 0.25) is 0 Å². The zero-order valence-electron chi connectivity index (χ0n) is 11.9. The molecular weight excluding hydrogens is 294 g/mol. The molecule has 1 aromatic rings. The predicted molar refractivity (Wildman–Crippen MR) is 81.6 cm³/mol. The van der Waals surface area contributed by atoms with E-state index in [0.717, 1.165) is 6.08 Å². The molecule has 0 atom stereocenters. The van der Waals surface area contributed by atoms with Crippen molar-refractivity contribution in [1.82, 2.24) is 0 Å². The van der Waals surface area contributed by atoms with E-state index in [1.165, 1.54) is 6.08 Å². The molecule has 6 nitrogen and oxygen atoms in total. The number of carbonyl (C=O) groups is 1. The Morgan fingerprint density at radius 1 is 1.33 bits per heavy atom. The second-order valence-electron chi connectivity index (χ2n) is 4.63. The molecule has 0 bridgehead atoms. The number of carboxylic acid groups (broad SMARTS) is 1. The van der Waals surface area contributed by atoms with Crippen molar-refractivity contribution in [1.29, 1.82) is 0 Å². The maximum atomic E-state index is 11.8. The first kappa shape index (κ1) is 17.2. The summed E-state index contributed by atoms with van der Waals surface area (Å²) >= 11 is 0. The third kappa shape index (κ3) is 7.48. The molecule has 116 valence electrons. The Balaban J connectivity index is 2.60. The number of hydrogen-bond acceptors (Lipinski definition) is 4. The molecule has 0 heterocycles. The maximum absolute atomic E-state index is 11.8. The Morgan fingerprint density at radius 2 is 1.95 bits per heavy atom. The van der Waals surface area contributed by atoms with E-state index in [4.69, 9.17) is 9.84 Å². The minimum atomic E-state index is -3.46. The van der Waals surface area contributed by atoms with Gasteiger partial charge in [0.05, 0.1) is 18.5 Å². The second-order valence-corrected chi connectivity index (χ2v) is 6.48. The molecule has 0 aliphatic rings. The smallest absolute Gasteiger partial charge is 0.328 e. The molecule has 1 rings (SSSR count). The van der Waals surface area contributed by atoms with Gasteiger partial charge in [0.15, 0.2) is 0 Å². The summed E-state index contributed by atoms with van der Waals surface area (Å²) < 4.78 is 31.2. The first-order valence-electron chi connectivity index (χ1n) is 6.41. The lowest BCUT2D eigenvalue weighted by Crippen LogP contribution is -2.21. The third-order valence-corrected chi connectivity index (χ3v) is 3.66. The van der Waals surface area contributed by atoms with E-state index in [0.29, 0.717) is 11.3 Å². The quantitative estimate of drug-likeness (QED) is 0.716. The van der Waals surface area contributed by atoms with Gasteiger partial charge in [-0.25, -0.2) is 13.2 Å². The van der Waals surface area contributed by atoms with Crippen LogP contribution in [0.4, 0.5) is 5.69 Å². The van der Waals surface area contributed by atoms with Gasteiger partial charge in [-0.3, -0.25) is 4.72 Å². The van der Waals surface area contributed by atoms with Crippen molar-refractivity contribution in [2.24, 2.45) is 0 Å². The lowest BCUT2D eigenvalue weighted by Gasteiger charge is -2.10. The van der Waals surface area contributed by atoms with Gasteiger partial charge < -0.3 is 9.84 Å². The van der Waals surface area contributed by atoms with Gasteiger partial charge in [-0.2, -0.15) is 0 Å². The van der Waals surface area contributed by atoms with Gasteiger partial charge in [-0.15, -0.1) is 0 Å². The van der Waals surface area contributed by atoms with E-state index in [2.05, 4.69) is 4.72 Å². The normalized spacial score (nSPS) is 12.0. The van der Waals surface area contributed by atoms with Crippen LogP contribution in [-0.2, 0) is 19.6 Å². The number of carboxylic acids is 1. The van der Waals surface area contributed by atoms with Crippen molar-refractivity contribution in [3.8, 4) is 0 Å². The third-order valence-electron chi connectivity index (χ3n) is 2.41. The summed E-state index contributed by atoms with van der Waals surface area (Å²) in [6, 6.07) is 6.40. The maximum Gasteiger partial charge on any atom is 0.328 e. The summed E-state index contributed by atoms with van der Waals surface area (Å²) in [5.41, 5.74) is 1.09. The first-order chi connectivity index (χ1) is 9.78. The van der Waals surface area contributed by atoms with Crippen LogP contribution >= 0.6 is 0 Å². The van der Waals surface area contributed by atoms with Crippen molar-refractivity contribution < 1.29 is 23.1 Å². The molecular formula is C14H19NO5S. The Labute approximate surface area is 124 Å². The SMILES string of the molecule is CC(C)OCCS(=O)(=O)Nc1ccc(C=CC(=O)O)cc1. The van der Waals surface area contributed by atoms with Crippen LogP contribution in [-0.4, -0.2) is 38.0 Å². The number of ether oxygens (including phenoxy) is 1. The van der Waals surface area contributed by atoms with Crippen LogP contribution in [0.1, 0.15) is 19.4 Å². The van der Waals surface area contributed by atoms with Crippen molar-refractivity contribution >= 4 is 27.8 Å². The number of nitrogens with one attached hydrogen (secondary N) is 1. The number of hydrogen-bond donors (Lipinski definition) is 2. The number of aliphatic carboxylic acids is 1. The molecule has 0 amide bonds. The standard InChI is InChI=1S/C14H19NO5S/c1-11(2)20-9-10-21(18,19)15-13-6-3-12(4-7-13)5-8-14(16)17/h3-8,11,15H,9-10H2,1-2H3,(H,16,17). The molecule has 21 heavy (non-hydrogen) atoms. The first-order valence-corrected chi connectivity index (χ1v) is 8.07. The van der Waals surface area contributed by atoms with Gasteiger partial charge >= 0.3 is 5.97 Å². The fourth-order valence-corrected chi connectivity index (χ4v) is 2.37. The van der Waals surface area contributed by atoms with Crippen LogP contribution in [0.15, 0.2) is 30.3 Å². The van der Waals surface area contributed by atoms with Crippen LogP contribution < -0.4 is 4.72 Å². The van der Waals surface area contributed by atoms with E-state index in [1.807, 2.05) is 13.8 Å². The topological polar surface area (TPSA) is 92.7 Å². The minimum Gasteiger partial charge on any atom is -0.478 e. The number of sulfonamides is 1. The highest BCUT2D eigenvalue weighted by atomic mass is 32.2. The van der Waals surface area contributed by atoms with Crippen LogP contribution in [0, 0.1) is 0 Å². The molecule has 0 fully saturated rings. The lowest BCUT2D eigenvalue weighted by atomic mass is 10.2. The van der Waals surface area contributed by atoms with E-state index < -0.39 is 16.0 Å². The van der Waals surface area contributed by atoms with Crippen LogP contribution in [0.3, 0.4) is 0 Å². The molecule has 0 unspecified atom stereocenters. The fraction of sp³-hybridized carbons (Fsp3) is 0.357. The molecule has 0 aliphatic heterocycles. The fourth-order valence-electron chi connectivity index (χ4n) is 1.45. The molecule has 0 saturated heterocycles. The van der Waals surface area contributed by atoms with Gasteiger partial charge in [-0.05, 0) is 37.6 Å². The van der Waals surface area contributed by atoms with Gasteiger partial charge in [0.2, 0.25) is 10.0 Å². The molecule has 7 heteroatoms. The van der Waals surface area contributed by atoms with Gasteiger partial charge in [0.1, 0.15) is 0 Å². The highest BCUT2D eigenvalue weighted by molar-refractivity contribution is 7.92. The Hall–Kier alpha value is -1.86. The largest absolute Gasteiger partial charge is 0.478 e. The average molecular weight is 313 g/mol. The minimum absolute atomic E-state index is 0.0134. The monoisotopic (exact) mass is 313 g/mol. The van der Waals surface area contributed by atoms with Crippen LogP contribution in [0.25, 0.3) is 6.08 Å². The molecule has 0 aromatic heterocycles. The molecule has 0 aliphatic carbocycles. The van der Waals surface area contributed by atoms with Crippen molar-refractivity contribution in [3.63, 3.8) is 0 Å². The van der Waals surface area contributed by atoms with Crippen molar-refractivity contribution in [3.05, 3.63) is 35.9 Å². The summed E-state index contributed by atoms with van der Waals surface area (Å²) in [4.78, 5) is 10.4. The van der Waals surface area contributed by atoms with E-state index in [9.17, 15) is 13.2 Å². The Bertz CT molecular complexity index is 590. The van der Waals surface area contributed by atoms with Gasteiger partial charge in [-0.1, -0.05) is 12.1 Å². The highest BCUT2D eigenvalue weighted by Gasteiger charge is 2.10. The highest BCUT2D eigenvalue weighted by Crippen LogP contribution is 2.12. The number of anilines is 1. The summed E-state index contributed by atoms with van der Waals surface area (Å²) in [6.45, 7) is 3.80. The number of benzene rings is 1. The summed E-state index contributed by atoms with van der Waals surface area (Å²) in [6.07, 6.45) is 2.43. The summed E-state index contributed by atoms with van der Waals surface area (Å²) in [5, 5.41) is 8.51. The molecule has 0 radical (unpaired) electrons. The molecule has 0 saturated carbocycles. The molecule has 0 spiro atoms. The Morgan fingerprint density at radius 3 is 2.48 bits per heavy atom. The molecule has 2 N–H and O–H groups in total. The van der Waals surface area contributed by atoms with E-state index >= 15 is 0 Å². The van der Waals surface area contributed by atoms with Gasteiger partial charge in [0, 0.05) is 11.8 Å². The zero-order chi connectivity index (χ0) is 15.9. The van der Waals surface area contributed by atoms with E-state index in [-0.39, 0.29) is 18.5 Å². The average Bonchev–Trinajstić information content (AvgIpc) is 2.36. The van der Waals surface area contributed by atoms with Crippen LogP contribution in [0.5, 0.6) is 0 Å². The number of rotatable bonds is 8. The van der Waals surface area contributed by atoms with Gasteiger partial charge in [0.25, 0.3) is 0 Å². The zero-order valence-corrected chi connectivity index (χ0v) is 12.8.